The normalized spacial score (nSPS) is 11.5. The van der Waals surface area contributed by atoms with Crippen LogP contribution in [0.2, 0.25) is 10.0 Å². The molecule has 2 heterocycles. The highest BCUT2D eigenvalue weighted by molar-refractivity contribution is 6.36. The van der Waals surface area contributed by atoms with Crippen LogP contribution in [-0.4, -0.2) is 40.5 Å². The third kappa shape index (κ3) is 5.57. The number of aromatic amines is 1. The number of amides is 1. The number of halogens is 2. The fraction of sp³-hybridized carbons (Fsp3) is 0.391. The number of hydrogen-bond acceptors (Lipinski definition) is 6. The molecule has 0 aliphatic heterocycles. The Hall–Kier alpha value is -2.84. The number of methoxy groups -OCH3 is 1. The smallest absolute Gasteiger partial charge is 0.343 e. The number of nitrogens with zero attached hydrogens (tertiary/aromatic N) is 2. The first-order valence-corrected chi connectivity index (χ1v) is 11.2. The monoisotopic (exact) mass is 492 g/mol. The van der Waals surface area contributed by atoms with Gasteiger partial charge >= 0.3 is 5.97 Å². The minimum Gasteiger partial charge on any atom is -0.477 e. The quantitative estimate of drug-likeness (QED) is 0.462. The van der Waals surface area contributed by atoms with Crippen LogP contribution < -0.4 is 10.1 Å². The Morgan fingerprint density at radius 1 is 1.18 bits per heavy atom. The number of pyridine rings is 1. The zero-order chi connectivity index (χ0) is 24.3. The molecule has 2 N–H and O–H groups in total. The molecule has 0 bridgehead atoms. The number of aromatic nitrogens is 3. The molecule has 8 nitrogen and oxygen atoms in total. The second-order valence-corrected chi connectivity index (χ2v) is 9.21. The van der Waals surface area contributed by atoms with E-state index in [9.17, 15) is 9.59 Å². The first kappa shape index (κ1) is 24.8. The lowest BCUT2D eigenvalue weighted by molar-refractivity contribution is -0.128. The van der Waals surface area contributed by atoms with Gasteiger partial charge in [-0.15, -0.1) is 0 Å². The SMILES string of the molecule is CCOc1nc2nc(Cc3c(Cl)ccc(CNC(=O)C(C)(C)C)c3Cl)[nH]c2cc1C(=O)OC. The summed E-state index contributed by atoms with van der Waals surface area (Å²) in [4.78, 5) is 36.3. The van der Waals surface area contributed by atoms with Crippen LogP contribution in [0, 0.1) is 5.41 Å². The first-order valence-electron chi connectivity index (χ1n) is 10.4. The topological polar surface area (TPSA) is 106 Å². The van der Waals surface area contributed by atoms with Crippen molar-refractivity contribution in [2.45, 2.75) is 40.7 Å². The number of nitrogens with one attached hydrogen (secondary N) is 2. The number of rotatable bonds is 7. The van der Waals surface area contributed by atoms with Gasteiger partial charge in [0.15, 0.2) is 5.65 Å². The number of fused-ring (bicyclic) bond motifs is 1. The molecule has 0 radical (unpaired) electrons. The van der Waals surface area contributed by atoms with E-state index in [1.807, 2.05) is 20.8 Å². The van der Waals surface area contributed by atoms with E-state index in [4.69, 9.17) is 32.7 Å². The van der Waals surface area contributed by atoms with Crippen LogP contribution in [0.15, 0.2) is 18.2 Å². The summed E-state index contributed by atoms with van der Waals surface area (Å²) in [7, 11) is 1.29. The molecular formula is C23H26Cl2N4O4. The van der Waals surface area contributed by atoms with Crippen LogP contribution in [0.4, 0.5) is 0 Å². The van der Waals surface area contributed by atoms with E-state index in [-0.39, 0.29) is 23.9 Å². The molecule has 0 aliphatic rings. The van der Waals surface area contributed by atoms with Gasteiger partial charge in [-0.2, -0.15) is 4.98 Å². The van der Waals surface area contributed by atoms with Gasteiger partial charge in [0.05, 0.1) is 24.3 Å². The maximum Gasteiger partial charge on any atom is 0.343 e. The van der Waals surface area contributed by atoms with Gasteiger partial charge in [-0.3, -0.25) is 4.79 Å². The van der Waals surface area contributed by atoms with E-state index >= 15 is 0 Å². The lowest BCUT2D eigenvalue weighted by atomic mass is 9.95. The number of H-pyrrole nitrogens is 1. The van der Waals surface area contributed by atoms with Gasteiger partial charge in [0.2, 0.25) is 11.8 Å². The molecule has 3 rings (SSSR count). The highest BCUT2D eigenvalue weighted by Crippen LogP contribution is 2.31. The summed E-state index contributed by atoms with van der Waals surface area (Å²) < 4.78 is 10.3. The fourth-order valence-corrected chi connectivity index (χ4v) is 3.69. The van der Waals surface area contributed by atoms with Crippen molar-refractivity contribution in [1.82, 2.24) is 20.3 Å². The standard InChI is InChI=1S/C23H26Cl2N4O4/c1-6-33-20-14(21(30)32-5)9-16-19(29-20)28-17(27-16)10-13-15(24)8-7-12(18(13)25)11-26-22(31)23(2,3)4/h7-9H,6,10-11H2,1-5H3,(H,26,31)(H,27,28,29). The summed E-state index contributed by atoms with van der Waals surface area (Å²) in [5.41, 5.74) is 2.05. The van der Waals surface area contributed by atoms with Crippen molar-refractivity contribution in [3.05, 3.63) is 50.8 Å². The number of benzene rings is 1. The zero-order valence-corrected chi connectivity index (χ0v) is 20.6. The number of carbonyl (C=O) groups excluding carboxylic acids is 2. The molecule has 0 atom stereocenters. The lowest BCUT2D eigenvalue weighted by Gasteiger charge is -2.18. The Morgan fingerprint density at radius 3 is 2.55 bits per heavy atom. The predicted octanol–water partition coefficient (Wildman–Crippen LogP) is 4.70. The van der Waals surface area contributed by atoms with Gasteiger partial charge in [0.1, 0.15) is 11.4 Å². The molecule has 0 saturated carbocycles. The Balaban J connectivity index is 1.91. The lowest BCUT2D eigenvalue weighted by Crippen LogP contribution is -2.34. The van der Waals surface area contributed by atoms with Crippen LogP contribution >= 0.6 is 23.2 Å². The Kier molecular flexibility index (Phi) is 7.49. The number of esters is 1. The van der Waals surface area contributed by atoms with Gasteiger partial charge in [0.25, 0.3) is 0 Å². The maximum absolute atomic E-state index is 12.2. The summed E-state index contributed by atoms with van der Waals surface area (Å²) in [6.07, 6.45) is 0.298. The number of imidazole rings is 1. The van der Waals surface area contributed by atoms with Crippen molar-refractivity contribution < 1.29 is 19.1 Å². The Bertz CT molecular complexity index is 1200. The minimum atomic E-state index is -0.555. The zero-order valence-electron chi connectivity index (χ0n) is 19.1. The van der Waals surface area contributed by atoms with Crippen molar-refractivity contribution in [3.63, 3.8) is 0 Å². The van der Waals surface area contributed by atoms with Crippen LogP contribution in [0.1, 0.15) is 55.0 Å². The second-order valence-electron chi connectivity index (χ2n) is 8.43. The maximum atomic E-state index is 12.2. The van der Waals surface area contributed by atoms with Gasteiger partial charge in [-0.1, -0.05) is 50.0 Å². The fourth-order valence-electron chi connectivity index (χ4n) is 3.12. The van der Waals surface area contributed by atoms with E-state index in [0.29, 0.717) is 45.6 Å². The highest BCUT2D eigenvalue weighted by atomic mass is 35.5. The first-order chi connectivity index (χ1) is 15.5. The van der Waals surface area contributed by atoms with Gasteiger partial charge in [-0.05, 0) is 30.2 Å². The largest absolute Gasteiger partial charge is 0.477 e. The van der Waals surface area contributed by atoms with E-state index < -0.39 is 11.4 Å². The van der Waals surface area contributed by atoms with Gasteiger partial charge < -0.3 is 19.8 Å². The van der Waals surface area contributed by atoms with Crippen molar-refractivity contribution in [1.29, 1.82) is 0 Å². The molecule has 1 amide bonds. The molecule has 0 spiro atoms. The number of ether oxygens (including phenoxy) is 2. The number of carbonyl (C=O) groups is 2. The van der Waals surface area contributed by atoms with E-state index in [1.54, 1.807) is 25.1 Å². The molecule has 0 unspecified atom stereocenters. The van der Waals surface area contributed by atoms with Crippen molar-refractivity contribution >= 4 is 46.2 Å². The van der Waals surface area contributed by atoms with Crippen molar-refractivity contribution in [2.24, 2.45) is 5.41 Å². The molecule has 0 saturated heterocycles. The summed E-state index contributed by atoms with van der Waals surface area (Å²) >= 11 is 13.1. The van der Waals surface area contributed by atoms with Crippen LogP contribution in [0.25, 0.3) is 11.2 Å². The minimum absolute atomic E-state index is 0.0788. The van der Waals surface area contributed by atoms with Gasteiger partial charge in [0, 0.05) is 23.4 Å². The molecule has 33 heavy (non-hydrogen) atoms. The van der Waals surface area contributed by atoms with Gasteiger partial charge in [-0.25, -0.2) is 9.78 Å². The molecule has 176 valence electrons. The van der Waals surface area contributed by atoms with Crippen LogP contribution in [-0.2, 0) is 22.5 Å². The molecule has 1 aromatic carbocycles. The van der Waals surface area contributed by atoms with Crippen LogP contribution in [0.3, 0.4) is 0 Å². The highest BCUT2D eigenvalue weighted by Gasteiger charge is 2.22. The van der Waals surface area contributed by atoms with E-state index in [2.05, 4.69) is 20.3 Å². The third-order valence-electron chi connectivity index (χ3n) is 4.90. The van der Waals surface area contributed by atoms with Crippen molar-refractivity contribution in [3.8, 4) is 5.88 Å². The molecule has 10 heteroatoms. The molecule has 0 aliphatic carbocycles. The summed E-state index contributed by atoms with van der Waals surface area (Å²) in [5.74, 6) is 0.0780. The average molecular weight is 493 g/mol. The molecular weight excluding hydrogens is 467 g/mol. The van der Waals surface area contributed by atoms with E-state index in [1.165, 1.54) is 7.11 Å². The molecule has 2 aromatic heterocycles. The molecule has 3 aromatic rings. The summed E-state index contributed by atoms with van der Waals surface area (Å²) in [5, 5.41) is 3.83. The summed E-state index contributed by atoms with van der Waals surface area (Å²) in [6.45, 7) is 7.94. The third-order valence-corrected chi connectivity index (χ3v) is 5.73. The predicted molar refractivity (Wildman–Crippen MR) is 127 cm³/mol. The number of hydrogen-bond donors (Lipinski definition) is 2. The van der Waals surface area contributed by atoms with Crippen LogP contribution in [0.5, 0.6) is 5.88 Å². The second kappa shape index (κ2) is 9.97. The Labute approximate surface area is 202 Å². The molecule has 0 fully saturated rings. The van der Waals surface area contributed by atoms with Crippen molar-refractivity contribution in [2.75, 3.05) is 13.7 Å². The summed E-state index contributed by atoms with van der Waals surface area (Å²) in [6, 6.07) is 5.12. The Morgan fingerprint density at radius 2 is 1.91 bits per heavy atom. The average Bonchev–Trinajstić information content (AvgIpc) is 3.15. The van der Waals surface area contributed by atoms with E-state index in [0.717, 1.165) is 5.56 Å².